The first-order valence-corrected chi connectivity index (χ1v) is 5.20. The van der Waals surface area contributed by atoms with E-state index < -0.39 is 0 Å². The fourth-order valence-electron chi connectivity index (χ4n) is 1.21. The van der Waals surface area contributed by atoms with Gasteiger partial charge < -0.3 is 9.47 Å². The number of alkyl halides is 1. The van der Waals surface area contributed by atoms with Crippen molar-refractivity contribution in [3.05, 3.63) is 0 Å². The van der Waals surface area contributed by atoms with Gasteiger partial charge in [-0.25, -0.2) is 0 Å². The number of halogens is 1. The summed E-state index contributed by atoms with van der Waals surface area (Å²) in [4.78, 5) is 0. The zero-order chi connectivity index (χ0) is 10.1. The Morgan fingerprint density at radius 2 is 1.77 bits per heavy atom. The molecular formula is C10H19ClO2. The largest absolute Gasteiger partial charge is 0.351 e. The molecule has 0 amide bonds. The summed E-state index contributed by atoms with van der Waals surface area (Å²) >= 11 is 5.84. The van der Waals surface area contributed by atoms with Gasteiger partial charge in [-0.15, -0.1) is 11.6 Å². The van der Waals surface area contributed by atoms with Crippen LogP contribution in [0.1, 0.15) is 27.7 Å². The predicted molar refractivity (Wildman–Crippen MR) is 54.0 cm³/mol. The van der Waals surface area contributed by atoms with E-state index in [1.54, 1.807) is 0 Å². The van der Waals surface area contributed by atoms with Crippen molar-refractivity contribution < 1.29 is 9.47 Å². The summed E-state index contributed by atoms with van der Waals surface area (Å²) in [6.07, 6.45) is -0.155. The first-order valence-electron chi connectivity index (χ1n) is 4.67. The zero-order valence-corrected chi connectivity index (χ0v) is 9.65. The van der Waals surface area contributed by atoms with E-state index >= 15 is 0 Å². The molecule has 0 radical (unpaired) electrons. The van der Waals surface area contributed by atoms with Crippen LogP contribution in [0.5, 0.6) is 0 Å². The molecule has 1 fully saturated rings. The Morgan fingerprint density at radius 3 is 2.15 bits per heavy atom. The van der Waals surface area contributed by atoms with Crippen molar-refractivity contribution in [1.82, 2.24) is 0 Å². The summed E-state index contributed by atoms with van der Waals surface area (Å²) in [5.41, 5.74) is 0.0386. The summed E-state index contributed by atoms with van der Waals surface area (Å²) < 4.78 is 11.3. The average molecular weight is 207 g/mol. The Morgan fingerprint density at radius 1 is 1.31 bits per heavy atom. The summed E-state index contributed by atoms with van der Waals surface area (Å²) in [6, 6.07) is 0. The molecule has 0 saturated carbocycles. The minimum atomic E-state index is -0.155. The average Bonchev–Trinajstić information content (AvgIpc) is 2.04. The summed E-state index contributed by atoms with van der Waals surface area (Å²) in [5.74, 6) is 0.554. The highest BCUT2D eigenvalue weighted by atomic mass is 35.5. The third-order valence-electron chi connectivity index (χ3n) is 2.23. The second kappa shape index (κ2) is 3.76. The van der Waals surface area contributed by atoms with Crippen LogP contribution < -0.4 is 0 Å². The Labute approximate surface area is 85.5 Å². The van der Waals surface area contributed by atoms with E-state index in [1.807, 2.05) is 0 Å². The van der Waals surface area contributed by atoms with Gasteiger partial charge in [0.15, 0.2) is 6.29 Å². The quantitative estimate of drug-likeness (QED) is 0.647. The molecule has 1 rings (SSSR count). The van der Waals surface area contributed by atoms with E-state index in [4.69, 9.17) is 21.1 Å². The Balaban J connectivity index is 2.50. The number of hydrogen-bond donors (Lipinski definition) is 0. The van der Waals surface area contributed by atoms with Crippen LogP contribution in [0.15, 0.2) is 0 Å². The SMILES string of the molecule is CC1(C)COC(C(C)(C)CCl)OC1. The third kappa shape index (κ3) is 2.83. The molecule has 0 unspecified atom stereocenters. The predicted octanol–water partition coefficient (Wildman–Crippen LogP) is 2.65. The second-order valence-electron chi connectivity index (χ2n) is 5.24. The minimum Gasteiger partial charge on any atom is -0.351 e. The number of ether oxygens (including phenoxy) is 2. The van der Waals surface area contributed by atoms with E-state index in [2.05, 4.69) is 27.7 Å². The lowest BCUT2D eigenvalue weighted by Gasteiger charge is -2.41. The molecule has 0 bridgehead atoms. The number of hydrogen-bond acceptors (Lipinski definition) is 2. The molecule has 0 aliphatic carbocycles. The summed E-state index contributed by atoms with van der Waals surface area (Å²) in [6.45, 7) is 9.88. The van der Waals surface area contributed by atoms with Crippen molar-refractivity contribution in [1.29, 1.82) is 0 Å². The Bertz CT molecular complexity index is 168. The van der Waals surface area contributed by atoms with Crippen LogP contribution in [0.3, 0.4) is 0 Å². The lowest BCUT2D eigenvalue weighted by molar-refractivity contribution is -0.258. The molecule has 78 valence electrons. The van der Waals surface area contributed by atoms with Crippen LogP contribution in [-0.4, -0.2) is 25.4 Å². The second-order valence-corrected chi connectivity index (χ2v) is 5.51. The van der Waals surface area contributed by atoms with Crippen molar-refractivity contribution in [2.45, 2.75) is 34.0 Å². The van der Waals surface area contributed by atoms with E-state index in [0.717, 1.165) is 13.2 Å². The molecule has 0 spiro atoms. The molecule has 0 aromatic rings. The maximum absolute atomic E-state index is 5.84. The number of rotatable bonds is 2. The monoisotopic (exact) mass is 206 g/mol. The molecular weight excluding hydrogens is 188 g/mol. The van der Waals surface area contributed by atoms with E-state index in [1.165, 1.54) is 0 Å². The van der Waals surface area contributed by atoms with Crippen LogP contribution in [-0.2, 0) is 9.47 Å². The van der Waals surface area contributed by atoms with Gasteiger partial charge in [-0.2, -0.15) is 0 Å². The molecule has 3 heteroatoms. The van der Waals surface area contributed by atoms with Gasteiger partial charge in [0.05, 0.1) is 13.2 Å². The molecule has 0 aromatic carbocycles. The molecule has 0 atom stereocenters. The van der Waals surface area contributed by atoms with Crippen molar-refractivity contribution in [2.75, 3.05) is 19.1 Å². The van der Waals surface area contributed by atoms with Crippen LogP contribution in [0.4, 0.5) is 0 Å². The van der Waals surface area contributed by atoms with Crippen LogP contribution >= 0.6 is 11.6 Å². The topological polar surface area (TPSA) is 18.5 Å². The third-order valence-corrected chi connectivity index (χ3v) is 2.92. The first kappa shape index (κ1) is 11.3. The van der Waals surface area contributed by atoms with Gasteiger partial charge in [0.2, 0.25) is 0 Å². The molecule has 0 aromatic heterocycles. The van der Waals surface area contributed by atoms with E-state index in [9.17, 15) is 0 Å². The van der Waals surface area contributed by atoms with Gasteiger partial charge in [0.25, 0.3) is 0 Å². The molecule has 1 aliphatic heterocycles. The normalized spacial score (nSPS) is 24.7. The molecule has 1 aliphatic rings. The summed E-state index contributed by atoms with van der Waals surface area (Å²) in [7, 11) is 0. The highest BCUT2D eigenvalue weighted by Gasteiger charge is 2.37. The fraction of sp³-hybridized carbons (Fsp3) is 1.00. The van der Waals surface area contributed by atoms with E-state index in [-0.39, 0.29) is 17.1 Å². The smallest absolute Gasteiger partial charge is 0.163 e. The van der Waals surface area contributed by atoms with Crippen LogP contribution in [0, 0.1) is 10.8 Å². The lowest BCUT2D eigenvalue weighted by atomic mass is 9.91. The van der Waals surface area contributed by atoms with Crippen LogP contribution in [0.25, 0.3) is 0 Å². The van der Waals surface area contributed by atoms with Gasteiger partial charge in [-0.3, -0.25) is 0 Å². The van der Waals surface area contributed by atoms with Crippen molar-refractivity contribution >= 4 is 11.6 Å². The molecule has 13 heavy (non-hydrogen) atoms. The van der Waals surface area contributed by atoms with Gasteiger partial charge in [-0.05, 0) is 0 Å². The molecule has 1 heterocycles. The standard InChI is InChI=1S/C10H19ClO2/c1-9(2)6-12-8(13-7-9)10(3,4)5-11/h8H,5-7H2,1-4H3. The van der Waals surface area contributed by atoms with Crippen molar-refractivity contribution in [3.63, 3.8) is 0 Å². The fourth-order valence-corrected chi connectivity index (χ4v) is 1.33. The maximum Gasteiger partial charge on any atom is 0.163 e. The minimum absolute atomic E-state index is 0.0992. The lowest BCUT2D eigenvalue weighted by Crippen LogP contribution is -2.45. The Hall–Kier alpha value is 0.210. The van der Waals surface area contributed by atoms with Gasteiger partial charge in [-0.1, -0.05) is 27.7 Å². The van der Waals surface area contributed by atoms with Gasteiger partial charge in [0.1, 0.15) is 0 Å². The highest BCUT2D eigenvalue weighted by Crippen LogP contribution is 2.32. The first-order chi connectivity index (χ1) is 5.87. The van der Waals surface area contributed by atoms with Gasteiger partial charge >= 0.3 is 0 Å². The zero-order valence-electron chi connectivity index (χ0n) is 8.89. The van der Waals surface area contributed by atoms with Gasteiger partial charge in [0, 0.05) is 16.7 Å². The molecule has 0 N–H and O–H groups in total. The van der Waals surface area contributed by atoms with Crippen molar-refractivity contribution in [2.24, 2.45) is 10.8 Å². The highest BCUT2D eigenvalue weighted by molar-refractivity contribution is 6.18. The van der Waals surface area contributed by atoms with E-state index in [0.29, 0.717) is 5.88 Å². The van der Waals surface area contributed by atoms with Crippen LogP contribution in [0.2, 0.25) is 0 Å². The molecule has 1 saturated heterocycles. The molecule has 2 nitrogen and oxygen atoms in total. The Kier molecular flexibility index (Phi) is 3.26. The van der Waals surface area contributed by atoms with Crippen molar-refractivity contribution in [3.8, 4) is 0 Å². The maximum atomic E-state index is 5.84. The summed E-state index contributed by atoms with van der Waals surface area (Å²) in [5, 5.41) is 0.